The Balaban J connectivity index is 2.31. The van der Waals surface area contributed by atoms with E-state index in [1.165, 1.54) is 96.3 Å². The van der Waals surface area contributed by atoms with Crippen molar-refractivity contribution < 1.29 is 39.8 Å². The normalized spacial score (nSPS) is 21.4. The van der Waals surface area contributed by atoms with Crippen LogP contribution in [0.1, 0.15) is 194 Å². The second-order valence-corrected chi connectivity index (χ2v) is 16.2. The van der Waals surface area contributed by atoms with Gasteiger partial charge in [0.25, 0.3) is 0 Å². The van der Waals surface area contributed by atoms with Crippen LogP contribution in [-0.2, 0) is 14.3 Å². The number of hydrogen-bond donors (Lipinski definition) is 6. The number of allylic oxidation sites excluding steroid dienone is 8. The van der Waals surface area contributed by atoms with Gasteiger partial charge in [-0.05, 0) is 51.4 Å². The van der Waals surface area contributed by atoms with Crippen molar-refractivity contribution in [3.63, 3.8) is 0 Å². The number of hydrogen-bond acceptors (Lipinski definition) is 8. The number of rotatable bonds is 38. The molecule has 7 unspecified atom stereocenters. The summed E-state index contributed by atoms with van der Waals surface area (Å²) in [5, 5.41) is 54.3. The number of aliphatic hydroxyl groups is 5. The smallest absolute Gasteiger partial charge is 0.220 e. The molecule has 1 heterocycles. The molecule has 0 aromatic rings. The Labute approximate surface area is 348 Å². The molecule has 9 nitrogen and oxygen atoms in total. The SMILES string of the molecule is CC/C=C\C/C=C\C/C=C\C/C=C\CCCCCCCCCCC(=O)NC(COC1OC(CO)C(O)C(O)C1O)C(O)CCCCCCCCCCCCCCC. The van der Waals surface area contributed by atoms with Crippen LogP contribution in [0.25, 0.3) is 0 Å². The predicted octanol–water partition coefficient (Wildman–Crippen LogP) is 9.84. The Bertz CT molecular complexity index is 1030. The maximum atomic E-state index is 13.0. The van der Waals surface area contributed by atoms with Crippen LogP contribution in [0.5, 0.6) is 0 Å². The average Bonchev–Trinajstić information content (AvgIpc) is 3.21. The van der Waals surface area contributed by atoms with Crippen molar-refractivity contribution in [3.8, 4) is 0 Å². The lowest BCUT2D eigenvalue weighted by Crippen LogP contribution is -2.60. The monoisotopic (exact) mass is 806 g/mol. The first kappa shape index (κ1) is 53.2. The van der Waals surface area contributed by atoms with Crippen molar-refractivity contribution >= 4 is 5.91 Å². The highest BCUT2D eigenvalue weighted by atomic mass is 16.7. The summed E-state index contributed by atoms with van der Waals surface area (Å²) in [5.41, 5.74) is 0. The van der Waals surface area contributed by atoms with Crippen molar-refractivity contribution in [1.82, 2.24) is 5.32 Å². The molecule has 1 rings (SSSR count). The van der Waals surface area contributed by atoms with Gasteiger partial charge in [0, 0.05) is 6.42 Å². The molecular weight excluding hydrogens is 719 g/mol. The molecule has 332 valence electrons. The first-order chi connectivity index (χ1) is 27.8. The minimum Gasteiger partial charge on any atom is -0.394 e. The molecule has 57 heavy (non-hydrogen) atoms. The Morgan fingerprint density at radius 2 is 1.09 bits per heavy atom. The molecule has 1 aliphatic rings. The average molecular weight is 806 g/mol. The quantitative estimate of drug-likeness (QED) is 0.0267. The number of carbonyl (C=O) groups excluding carboxylic acids is 1. The highest BCUT2D eigenvalue weighted by molar-refractivity contribution is 5.76. The molecule has 0 spiro atoms. The van der Waals surface area contributed by atoms with E-state index in [1.54, 1.807) is 0 Å². The molecule has 0 aromatic carbocycles. The van der Waals surface area contributed by atoms with Gasteiger partial charge in [0.1, 0.15) is 24.4 Å². The molecule has 0 aromatic heterocycles. The fourth-order valence-corrected chi connectivity index (χ4v) is 7.21. The summed E-state index contributed by atoms with van der Waals surface area (Å²) in [6.45, 7) is 3.71. The van der Waals surface area contributed by atoms with E-state index in [0.29, 0.717) is 12.8 Å². The maximum absolute atomic E-state index is 13.0. The Kier molecular flexibility index (Phi) is 35.8. The minimum atomic E-state index is -1.55. The molecule has 1 saturated heterocycles. The number of carbonyl (C=O) groups is 1. The lowest BCUT2D eigenvalue weighted by Gasteiger charge is -2.40. The molecular formula is C48H87NO8. The van der Waals surface area contributed by atoms with Crippen molar-refractivity contribution in [3.05, 3.63) is 48.6 Å². The Morgan fingerprint density at radius 1 is 0.614 bits per heavy atom. The summed E-state index contributed by atoms with van der Waals surface area (Å²) in [7, 11) is 0. The second kappa shape index (κ2) is 38.4. The summed E-state index contributed by atoms with van der Waals surface area (Å²) in [4.78, 5) is 13.0. The third-order valence-electron chi connectivity index (χ3n) is 10.9. The van der Waals surface area contributed by atoms with Crippen LogP contribution in [0, 0.1) is 0 Å². The van der Waals surface area contributed by atoms with E-state index in [0.717, 1.165) is 70.6 Å². The Morgan fingerprint density at radius 3 is 1.61 bits per heavy atom. The van der Waals surface area contributed by atoms with Crippen LogP contribution < -0.4 is 5.32 Å². The van der Waals surface area contributed by atoms with E-state index < -0.39 is 49.5 Å². The molecule has 9 heteroatoms. The van der Waals surface area contributed by atoms with E-state index in [4.69, 9.17) is 9.47 Å². The predicted molar refractivity (Wildman–Crippen MR) is 235 cm³/mol. The third-order valence-corrected chi connectivity index (χ3v) is 10.9. The zero-order valence-corrected chi connectivity index (χ0v) is 36.3. The first-order valence-corrected chi connectivity index (χ1v) is 23.3. The molecule has 0 saturated carbocycles. The van der Waals surface area contributed by atoms with Gasteiger partial charge in [-0.2, -0.15) is 0 Å². The molecule has 7 atom stereocenters. The van der Waals surface area contributed by atoms with Crippen LogP contribution >= 0.6 is 0 Å². The van der Waals surface area contributed by atoms with Gasteiger partial charge < -0.3 is 40.3 Å². The molecule has 6 N–H and O–H groups in total. The number of nitrogens with one attached hydrogen (secondary N) is 1. The highest BCUT2D eigenvalue weighted by Gasteiger charge is 2.44. The number of ether oxygens (including phenoxy) is 2. The minimum absolute atomic E-state index is 0.143. The Hall–Kier alpha value is -1.85. The van der Waals surface area contributed by atoms with E-state index in [1.807, 2.05) is 0 Å². The van der Waals surface area contributed by atoms with Gasteiger partial charge in [-0.25, -0.2) is 0 Å². The van der Waals surface area contributed by atoms with Crippen LogP contribution in [0.15, 0.2) is 48.6 Å². The summed E-state index contributed by atoms with van der Waals surface area (Å²) in [5.74, 6) is -0.155. The number of aliphatic hydroxyl groups excluding tert-OH is 5. The molecule has 0 bridgehead atoms. The first-order valence-electron chi connectivity index (χ1n) is 23.3. The van der Waals surface area contributed by atoms with Gasteiger partial charge in [0.05, 0.1) is 25.4 Å². The van der Waals surface area contributed by atoms with E-state index in [2.05, 4.69) is 67.8 Å². The second-order valence-electron chi connectivity index (χ2n) is 16.2. The van der Waals surface area contributed by atoms with Crippen molar-refractivity contribution in [2.24, 2.45) is 0 Å². The summed E-state index contributed by atoms with van der Waals surface area (Å²) < 4.78 is 11.3. The zero-order valence-electron chi connectivity index (χ0n) is 36.3. The molecule has 1 aliphatic heterocycles. The lowest BCUT2D eigenvalue weighted by molar-refractivity contribution is -0.302. The van der Waals surface area contributed by atoms with E-state index >= 15 is 0 Å². The fraction of sp³-hybridized carbons (Fsp3) is 0.812. The van der Waals surface area contributed by atoms with Crippen molar-refractivity contribution in [2.45, 2.75) is 236 Å². The summed E-state index contributed by atoms with van der Waals surface area (Å²) in [6, 6.07) is -0.723. The molecule has 0 aliphatic carbocycles. The van der Waals surface area contributed by atoms with Crippen LogP contribution in [0.3, 0.4) is 0 Å². The van der Waals surface area contributed by atoms with Gasteiger partial charge in [-0.15, -0.1) is 0 Å². The van der Waals surface area contributed by atoms with Gasteiger partial charge in [-0.3, -0.25) is 4.79 Å². The molecule has 0 radical (unpaired) electrons. The summed E-state index contributed by atoms with van der Waals surface area (Å²) in [6.07, 6.45) is 41.1. The fourth-order valence-electron chi connectivity index (χ4n) is 7.21. The van der Waals surface area contributed by atoms with Crippen molar-refractivity contribution in [2.75, 3.05) is 13.2 Å². The van der Waals surface area contributed by atoms with Gasteiger partial charge in [0.15, 0.2) is 6.29 Å². The molecule has 1 amide bonds. The largest absolute Gasteiger partial charge is 0.394 e. The van der Waals surface area contributed by atoms with Gasteiger partial charge >= 0.3 is 0 Å². The standard InChI is InChI=1S/C48H87NO8/c1-3-5-7-9-11-13-15-17-18-19-20-21-22-23-24-26-28-30-32-34-36-38-44(52)49-41(40-56-48-47(55)46(54)45(53)43(39-50)57-48)42(51)37-35-33-31-29-27-25-16-14-12-10-8-6-4-2/h5,7,11,13,17-18,20-21,41-43,45-48,50-51,53-55H,3-4,6,8-10,12,14-16,19,22-40H2,1-2H3,(H,49,52)/b7-5-,13-11-,18-17-,21-20-. The topological polar surface area (TPSA) is 149 Å². The van der Waals surface area contributed by atoms with E-state index in [-0.39, 0.29) is 12.5 Å². The summed E-state index contributed by atoms with van der Waals surface area (Å²) >= 11 is 0. The highest BCUT2D eigenvalue weighted by Crippen LogP contribution is 2.23. The number of amides is 1. The van der Waals surface area contributed by atoms with Gasteiger partial charge in [0.2, 0.25) is 5.91 Å². The number of unbranched alkanes of at least 4 members (excludes halogenated alkanes) is 20. The lowest BCUT2D eigenvalue weighted by atomic mass is 9.99. The van der Waals surface area contributed by atoms with Crippen LogP contribution in [0.2, 0.25) is 0 Å². The third kappa shape index (κ3) is 29.1. The van der Waals surface area contributed by atoms with Crippen LogP contribution in [-0.4, -0.2) is 87.5 Å². The maximum Gasteiger partial charge on any atom is 0.220 e. The zero-order chi connectivity index (χ0) is 41.6. The van der Waals surface area contributed by atoms with Crippen molar-refractivity contribution in [1.29, 1.82) is 0 Å². The van der Waals surface area contributed by atoms with Crippen LogP contribution in [0.4, 0.5) is 0 Å². The molecule has 1 fully saturated rings. The van der Waals surface area contributed by atoms with E-state index in [9.17, 15) is 30.3 Å². The van der Waals surface area contributed by atoms with Gasteiger partial charge in [-0.1, -0.05) is 184 Å².